The van der Waals surface area contributed by atoms with E-state index in [1.54, 1.807) is 6.08 Å². The van der Waals surface area contributed by atoms with Crippen molar-refractivity contribution in [3.63, 3.8) is 0 Å². The van der Waals surface area contributed by atoms with Gasteiger partial charge >= 0.3 is 0 Å². The molecule has 0 unspecified atom stereocenters. The van der Waals surface area contributed by atoms with Crippen LogP contribution >= 0.6 is 0 Å². The molecular formula is C42H33NO2. The second-order valence-corrected chi connectivity index (χ2v) is 13.1. The van der Waals surface area contributed by atoms with Crippen molar-refractivity contribution >= 4 is 50.6 Å². The van der Waals surface area contributed by atoms with Gasteiger partial charge in [0.2, 0.25) is 0 Å². The van der Waals surface area contributed by atoms with Crippen LogP contribution in [0.3, 0.4) is 0 Å². The van der Waals surface area contributed by atoms with Crippen LogP contribution in [0.4, 0.5) is 11.4 Å². The molecule has 3 nitrogen and oxygen atoms in total. The van der Waals surface area contributed by atoms with Gasteiger partial charge in [-0.2, -0.15) is 0 Å². The molecule has 3 heteroatoms. The molecule has 2 aliphatic rings. The quantitative estimate of drug-likeness (QED) is 0.150. The fourth-order valence-corrected chi connectivity index (χ4v) is 7.69. The maximum Gasteiger partial charge on any atom is 0.197 e. The molecule has 0 radical (unpaired) electrons. The maximum absolute atomic E-state index is 13.4. The van der Waals surface area contributed by atoms with E-state index in [9.17, 15) is 9.59 Å². The number of anilines is 2. The van der Waals surface area contributed by atoms with Gasteiger partial charge in [-0.25, -0.2) is 0 Å². The Morgan fingerprint density at radius 1 is 0.644 bits per heavy atom. The molecule has 6 aromatic carbocycles. The summed E-state index contributed by atoms with van der Waals surface area (Å²) in [4.78, 5) is 29.2. The van der Waals surface area contributed by atoms with Crippen molar-refractivity contribution < 1.29 is 9.59 Å². The first kappa shape index (κ1) is 27.3. The molecule has 0 amide bonds. The van der Waals surface area contributed by atoms with Gasteiger partial charge < -0.3 is 4.90 Å². The first-order valence-corrected chi connectivity index (χ1v) is 15.5. The zero-order chi connectivity index (χ0) is 31.2. The third-order valence-electron chi connectivity index (χ3n) is 9.98. The first-order valence-electron chi connectivity index (χ1n) is 15.5. The lowest BCUT2D eigenvalue weighted by Crippen LogP contribution is -2.31. The second-order valence-electron chi connectivity index (χ2n) is 13.1. The number of fused-ring (bicyclic) bond motifs is 6. The standard InChI is InChI=1S/C42H33NO2/c1-24-9-8-10-25(2)38(24)30-15-17-36-35(23-30)42(3,4)39-31-16-13-26(19-29(31)14-18-37(39)43(36)5)20-34-40(44)32-21-27-11-6-7-12-28(27)22-33(32)41(34)45/h6-23H,1-5H3. The van der Waals surface area contributed by atoms with Gasteiger partial charge in [0.1, 0.15) is 0 Å². The van der Waals surface area contributed by atoms with E-state index in [2.05, 4.69) is 100 Å². The molecule has 0 saturated carbocycles. The molecule has 0 fully saturated rings. The fraction of sp³-hybridized carbons (Fsp3) is 0.143. The molecule has 0 saturated heterocycles. The molecule has 1 aliphatic heterocycles. The van der Waals surface area contributed by atoms with E-state index in [4.69, 9.17) is 0 Å². The summed E-state index contributed by atoms with van der Waals surface area (Å²) in [7, 11) is 2.15. The zero-order valence-corrected chi connectivity index (χ0v) is 26.2. The fourth-order valence-electron chi connectivity index (χ4n) is 7.69. The molecule has 0 atom stereocenters. The van der Waals surface area contributed by atoms with Crippen LogP contribution in [0, 0.1) is 13.8 Å². The Labute approximate surface area is 263 Å². The van der Waals surface area contributed by atoms with E-state index in [1.165, 1.54) is 50.1 Å². The summed E-state index contributed by atoms with van der Waals surface area (Å²) in [5.74, 6) is -0.407. The van der Waals surface area contributed by atoms with Crippen molar-refractivity contribution in [2.24, 2.45) is 0 Å². The lowest BCUT2D eigenvalue weighted by atomic mass is 9.71. The number of hydrogen-bond acceptors (Lipinski definition) is 3. The van der Waals surface area contributed by atoms with Crippen molar-refractivity contribution in [3.05, 3.63) is 148 Å². The minimum absolute atomic E-state index is 0.203. The van der Waals surface area contributed by atoms with Gasteiger partial charge in [-0.3, -0.25) is 9.59 Å². The monoisotopic (exact) mass is 583 g/mol. The van der Waals surface area contributed by atoms with Crippen molar-refractivity contribution in [1.29, 1.82) is 0 Å². The molecule has 0 aromatic heterocycles. The van der Waals surface area contributed by atoms with E-state index < -0.39 is 0 Å². The number of aryl methyl sites for hydroxylation is 2. The number of rotatable bonds is 2. The van der Waals surface area contributed by atoms with Gasteiger partial charge in [-0.05, 0) is 117 Å². The van der Waals surface area contributed by atoms with Crippen molar-refractivity contribution in [2.45, 2.75) is 33.1 Å². The number of ketones is 2. The lowest BCUT2D eigenvalue weighted by Gasteiger charge is -2.41. The number of carbonyl (C=O) groups is 2. The molecular weight excluding hydrogens is 550 g/mol. The highest BCUT2D eigenvalue weighted by Crippen LogP contribution is 2.52. The zero-order valence-electron chi connectivity index (χ0n) is 26.2. The van der Waals surface area contributed by atoms with Crippen LogP contribution < -0.4 is 4.90 Å². The highest BCUT2D eigenvalue weighted by Gasteiger charge is 2.37. The molecule has 6 aromatic rings. The predicted octanol–water partition coefficient (Wildman–Crippen LogP) is 10.1. The summed E-state index contributed by atoms with van der Waals surface area (Å²) in [6.07, 6.45) is 1.76. The van der Waals surface area contributed by atoms with Gasteiger partial charge in [0.25, 0.3) is 0 Å². The molecule has 0 N–H and O–H groups in total. The van der Waals surface area contributed by atoms with E-state index >= 15 is 0 Å². The van der Waals surface area contributed by atoms with Crippen molar-refractivity contribution in [2.75, 3.05) is 11.9 Å². The van der Waals surface area contributed by atoms with E-state index in [0.29, 0.717) is 11.1 Å². The third-order valence-corrected chi connectivity index (χ3v) is 9.98. The number of allylic oxidation sites excluding steroid dienone is 1. The predicted molar refractivity (Wildman–Crippen MR) is 186 cm³/mol. The molecule has 1 heterocycles. The minimum Gasteiger partial charge on any atom is -0.344 e. The van der Waals surface area contributed by atoms with Crippen molar-refractivity contribution in [1.82, 2.24) is 0 Å². The normalized spacial score (nSPS) is 15.0. The highest BCUT2D eigenvalue weighted by molar-refractivity contribution is 6.42. The van der Waals surface area contributed by atoms with Crippen LogP contribution in [-0.4, -0.2) is 18.6 Å². The van der Waals surface area contributed by atoms with Crippen molar-refractivity contribution in [3.8, 4) is 11.1 Å². The number of nitrogens with zero attached hydrogens (tertiary/aromatic N) is 1. The van der Waals surface area contributed by atoms with Crippen LogP contribution in [0.1, 0.15) is 62.4 Å². The highest BCUT2D eigenvalue weighted by atomic mass is 16.2. The van der Waals surface area contributed by atoms with E-state index in [1.807, 2.05) is 42.5 Å². The number of Topliss-reactive ketones (excluding diaryl/α,β-unsaturated/α-hetero) is 2. The molecule has 0 bridgehead atoms. The Bertz CT molecular complexity index is 2240. The summed E-state index contributed by atoms with van der Waals surface area (Å²) in [6.45, 7) is 9.00. The summed E-state index contributed by atoms with van der Waals surface area (Å²) < 4.78 is 0. The Morgan fingerprint density at radius 3 is 1.96 bits per heavy atom. The summed E-state index contributed by atoms with van der Waals surface area (Å²) in [5, 5.41) is 4.18. The topological polar surface area (TPSA) is 37.4 Å². The number of benzene rings is 6. The van der Waals surface area contributed by atoms with Crippen LogP contribution in [0.5, 0.6) is 0 Å². The average molecular weight is 584 g/mol. The molecule has 1 aliphatic carbocycles. The number of carbonyl (C=O) groups excluding carboxylic acids is 2. The number of hydrogen-bond donors (Lipinski definition) is 0. The third kappa shape index (κ3) is 3.97. The lowest BCUT2D eigenvalue weighted by molar-refractivity contribution is 0.0990. The maximum atomic E-state index is 13.4. The second kappa shape index (κ2) is 9.61. The molecule has 45 heavy (non-hydrogen) atoms. The van der Waals surface area contributed by atoms with Gasteiger partial charge in [0.05, 0.1) is 5.57 Å². The van der Waals surface area contributed by atoms with Gasteiger partial charge in [-0.15, -0.1) is 0 Å². The van der Waals surface area contributed by atoms with E-state index in [0.717, 1.165) is 21.7 Å². The Balaban J connectivity index is 1.22. The van der Waals surface area contributed by atoms with Crippen LogP contribution in [0.15, 0.2) is 109 Å². The largest absolute Gasteiger partial charge is 0.344 e. The SMILES string of the molecule is Cc1cccc(C)c1-c1ccc2c(c1)C(C)(C)c1c(ccc3cc(C=C4C(=O)c5cc6ccccc6cc5C4=O)ccc13)N2C. The van der Waals surface area contributed by atoms with Crippen LogP contribution in [0.25, 0.3) is 38.7 Å². The first-order chi connectivity index (χ1) is 21.6. The van der Waals surface area contributed by atoms with Gasteiger partial charge in [-0.1, -0.05) is 80.6 Å². The average Bonchev–Trinajstić information content (AvgIpc) is 3.26. The van der Waals surface area contributed by atoms with E-state index in [-0.39, 0.29) is 22.6 Å². The van der Waals surface area contributed by atoms with Gasteiger partial charge in [0, 0.05) is 35.0 Å². The Hall–Kier alpha value is -5.28. The summed E-state index contributed by atoms with van der Waals surface area (Å²) >= 11 is 0. The summed E-state index contributed by atoms with van der Waals surface area (Å²) in [6, 6.07) is 35.5. The van der Waals surface area contributed by atoms with Gasteiger partial charge in [0.15, 0.2) is 11.6 Å². The Morgan fingerprint density at radius 2 is 1.29 bits per heavy atom. The van der Waals surface area contributed by atoms with Crippen LogP contribution in [0.2, 0.25) is 0 Å². The smallest absolute Gasteiger partial charge is 0.197 e. The minimum atomic E-state index is -0.260. The molecule has 0 spiro atoms. The Kier molecular flexibility index (Phi) is 5.83. The van der Waals surface area contributed by atoms with Crippen LogP contribution in [-0.2, 0) is 5.41 Å². The summed E-state index contributed by atoms with van der Waals surface area (Å²) in [5.41, 5.74) is 11.9. The molecule has 8 rings (SSSR count). The molecule has 218 valence electrons.